The van der Waals surface area contributed by atoms with Crippen molar-refractivity contribution in [2.24, 2.45) is 5.92 Å². The van der Waals surface area contributed by atoms with E-state index in [1.165, 1.54) is 45.9 Å². The molecule has 0 spiro atoms. The Labute approximate surface area is 117 Å². The number of rotatable bonds is 4. The highest BCUT2D eigenvalue weighted by Crippen LogP contribution is 2.27. The molecule has 4 heteroatoms. The van der Waals surface area contributed by atoms with Gasteiger partial charge in [-0.15, -0.1) is 0 Å². The highest BCUT2D eigenvalue weighted by Gasteiger charge is 2.27. The van der Waals surface area contributed by atoms with Gasteiger partial charge in [-0.2, -0.15) is 0 Å². The predicted molar refractivity (Wildman–Crippen MR) is 76.1 cm³/mol. The third-order valence-electron chi connectivity index (χ3n) is 4.69. The van der Waals surface area contributed by atoms with Crippen LogP contribution in [-0.4, -0.2) is 61.6 Å². The second kappa shape index (κ2) is 7.25. The van der Waals surface area contributed by atoms with Crippen LogP contribution in [0.3, 0.4) is 0 Å². The van der Waals surface area contributed by atoms with E-state index in [9.17, 15) is 4.79 Å². The minimum absolute atomic E-state index is 0.0939. The number of methoxy groups -OCH3 is 1. The van der Waals surface area contributed by atoms with Crippen LogP contribution in [0.15, 0.2) is 0 Å². The van der Waals surface area contributed by atoms with Gasteiger partial charge in [0, 0.05) is 38.8 Å². The number of nitrogens with zero attached hydrogens (tertiary/aromatic N) is 2. The SMILES string of the molecule is COC(=O)CCN1CCN(C2CCCC(C)C2)CC1. The molecular weight excluding hydrogens is 240 g/mol. The van der Waals surface area contributed by atoms with Crippen molar-refractivity contribution >= 4 is 5.97 Å². The first-order valence-electron chi connectivity index (χ1n) is 7.72. The molecule has 0 radical (unpaired) electrons. The second-order valence-electron chi connectivity index (χ2n) is 6.13. The number of carbonyl (C=O) groups is 1. The molecule has 4 nitrogen and oxygen atoms in total. The molecule has 1 aliphatic heterocycles. The van der Waals surface area contributed by atoms with Crippen molar-refractivity contribution in [1.82, 2.24) is 9.80 Å². The molecule has 1 saturated heterocycles. The van der Waals surface area contributed by atoms with Gasteiger partial charge in [-0.3, -0.25) is 9.69 Å². The number of hydrogen-bond acceptors (Lipinski definition) is 4. The molecule has 0 amide bonds. The maximum atomic E-state index is 11.1. The first-order chi connectivity index (χ1) is 9.19. The molecule has 1 heterocycles. The molecule has 2 aliphatic rings. The maximum Gasteiger partial charge on any atom is 0.306 e. The van der Waals surface area contributed by atoms with Gasteiger partial charge in [-0.25, -0.2) is 0 Å². The van der Waals surface area contributed by atoms with Crippen molar-refractivity contribution in [1.29, 1.82) is 0 Å². The molecule has 19 heavy (non-hydrogen) atoms. The van der Waals surface area contributed by atoms with Crippen molar-refractivity contribution in [3.63, 3.8) is 0 Å². The highest BCUT2D eigenvalue weighted by molar-refractivity contribution is 5.69. The fourth-order valence-electron chi connectivity index (χ4n) is 3.44. The average Bonchev–Trinajstić information content (AvgIpc) is 2.45. The monoisotopic (exact) mass is 268 g/mol. The minimum Gasteiger partial charge on any atom is -0.469 e. The summed E-state index contributed by atoms with van der Waals surface area (Å²) < 4.78 is 4.69. The van der Waals surface area contributed by atoms with E-state index in [2.05, 4.69) is 16.7 Å². The van der Waals surface area contributed by atoms with Crippen LogP contribution in [0.1, 0.15) is 39.0 Å². The van der Waals surface area contributed by atoms with E-state index in [1.54, 1.807) is 0 Å². The van der Waals surface area contributed by atoms with E-state index in [0.717, 1.165) is 31.6 Å². The van der Waals surface area contributed by atoms with Gasteiger partial charge in [0.05, 0.1) is 13.5 Å². The number of piperazine rings is 1. The Morgan fingerprint density at radius 1 is 1.21 bits per heavy atom. The summed E-state index contributed by atoms with van der Waals surface area (Å²) in [5.41, 5.74) is 0. The molecule has 2 fully saturated rings. The van der Waals surface area contributed by atoms with Gasteiger partial charge < -0.3 is 9.64 Å². The van der Waals surface area contributed by atoms with E-state index in [1.807, 2.05) is 0 Å². The smallest absolute Gasteiger partial charge is 0.306 e. The lowest BCUT2D eigenvalue weighted by atomic mass is 9.86. The highest BCUT2D eigenvalue weighted by atomic mass is 16.5. The van der Waals surface area contributed by atoms with E-state index in [-0.39, 0.29) is 5.97 Å². The molecule has 1 saturated carbocycles. The molecular formula is C15H28N2O2. The Kier molecular flexibility index (Phi) is 5.64. The fraction of sp³-hybridized carbons (Fsp3) is 0.933. The Balaban J connectivity index is 1.68. The van der Waals surface area contributed by atoms with E-state index in [0.29, 0.717) is 6.42 Å². The van der Waals surface area contributed by atoms with Gasteiger partial charge in [0.15, 0.2) is 0 Å². The lowest BCUT2D eigenvalue weighted by Crippen LogP contribution is -2.51. The van der Waals surface area contributed by atoms with Crippen LogP contribution in [0.5, 0.6) is 0 Å². The molecule has 0 aromatic carbocycles. The summed E-state index contributed by atoms with van der Waals surface area (Å²) in [6.45, 7) is 7.77. The van der Waals surface area contributed by atoms with Gasteiger partial charge >= 0.3 is 5.97 Å². The second-order valence-corrected chi connectivity index (χ2v) is 6.13. The lowest BCUT2D eigenvalue weighted by Gasteiger charge is -2.42. The van der Waals surface area contributed by atoms with Crippen LogP contribution in [0.25, 0.3) is 0 Å². The predicted octanol–water partition coefficient (Wildman–Crippen LogP) is 1.75. The molecule has 0 bridgehead atoms. The van der Waals surface area contributed by atoms with Gasteiger partial charge in [-0.05, 0) is 18.8 Å². The molecule has 2 rings (SSSR count). The zero-order valence-corrected chi connectivity index (χ0v) is 12.4. The van der Waals surface area contributed by atoms with Crippen molar-refractivity contribution in [2.75, 3.05) is 39.8 Å². The summed E-state index contributed by atoms with van der Waals surface area (Å²) >= 11 is 0. The minimum atomic E-state index is -0.0939. The van der Waals surface area contributed by atoms with Crippen LogP contribution < -0.4 is 0 Å². The number of carbonyl (C=O) groups excluding carboxylic acids is 1. The van der Waals surface area contributed by atoms with Crippen molar-refractivity contribution in [3.8, 4) is 0 Å². The van der Waals surface area contributed by atoms with Gasteiger partial charge in [-0.1, -0.05) is 19.8 Å². The first kappa shape index (κ1) is 14.8. The summed E-state index contributed by atoms with van der Waals surface area (Å²) in [7, 11) is 1.46. The molecule has 1 aliphatic carbocycles. The maximum absolute atomic E-state index is 11.1. The molecule has 110 valence electrons. The number of esters is 1. The average molecular weight is 268 g/mol. The lowest BCUT2D eigenvalue weighted by molar-refractivity contribution is -0.141. The molecule has 0 N–H and O–H groups in total. The number of ether oxygens (including phenoxy) is 1. The van der Waals surface area contributed by atoms with Crippen molar-refractivity contribution in [2.45, 2.75) is 45.1 Å². The molecule has 2 atom stereocenters. The molecule has 2 unspecified atom stereocenters. The van der Waals surface area contributed by atoms with E-state index in [4.69, 9.17) is 4.74 Å². The molecule has 0 aromatic rings. The third kappa shape index (κ3) is 4.46. The summed E-state index contributed by atoms with van der Waals surface area (Å²) in [4.78, 5) is 16.2. The Hall–Kier alpha value is -0.610. The van der Waals surface area contributed by atoms with Crippen LogP contribution in [0.4, 0.5) is 0 Å². The van der Waals surface area contributed by atoms with Crippen LogP contribution in [-0.2, 0) is 9.53 Å². The molecule has 0 aromatic heterocycles. The van der Waals surface area contributed by atoms with Crippen LogP contribution in [0, 0.1) is 5.92 Å². The Bertz CT molecular complexity index is 288. The van der Waals surface area contributed by atoms with E-state index < -0.39 is 0 Å². The largest absolute Gasteiger partial charge is 0.469 e. The Morgan fingerprint density at radius 3 is 2.58 bits per heavy atom. The third-order valence-corrected chi connectivity index (χ3v) is 4.69. The number of hydrogen-bond donors (Lipinski definition) is 0. The fourth-order valence-corrected chi connectivity index (χ4v) is 3.44. The summed E-state index contributed by atoms with van der Waals surface area (Å²) in [5.74, 6) is 0.805. The van der Waals surface area contributed by atoms with Crippen molar-refractivity contribution in [3.05, 3.63) is 0 Å². The van der Waals surface area contributed by atoms with Crippen LogP contribution in [0.2, 0.25) is 0 Å². The zero-order valence-electron chi connectivity index (χ0n) is 12.4. The standard InChI is InChI=1S/C15H28N2O2/c1-13-4-3-5-14(12-13)17-10-8-16(9-11-17)7-6-15(18)19-2/h13-14H,3-12H2,1-2H3. The van der Waals surface area contributed by atoms with E-state index >= 15 is 0 Å². The van der Waals surface area contributed by atoms with Gasteiger partial charge in [0.2, 0.25) is 0 Å². The van der Waals surface area contributed by atoms with Crippen LogP contribution >= 0.6 is 0 Å². The normalized spacial score (nSPS) is 30.2. The van der Waals surface area contributed by atoms with Gasteiger partial charge in [0.25, 0.3) is 0 Å². The quantitative estimate of drug-likeness (QED) is 0.727. The zero-order chi connectivity index (χ0) is 13.7. The van der Waals surface area contributed by atoms with Crippen molar-refractivity contribution < 1.29 is 9.53 Å². The van der Waals surface area contributed by atoms with Gasteiger partial charge in [0.1, 0.15) is 0 Å². The topological polar surface area (TPSA) is 32.8 Å². The Morgan fingerprint density at radius 2 is 1.95 bits per heavy atom. The summed E-state index contributed by atoms with van der Waals surface area (Å²) in [5, 5.41) is 0. The first-order valence-corrected chi connectivity index (χ1v) is 7.72. The summed E-state index contributed by atoms with van der Waals surface area (Å²) in [6, 6.07) is 0.812. The summed E-state index contributed by atoms with van der Waals surface area (Å²) in [6.07, 6.45) is 6.09.